The molecule has 2 N–H and O–H groups in total. The minimum absolute atomic E-state index is 0.235. The molecule has 1 amide bonds. The number of anilines is 1. The van der Waals surface area contributed by atoms with Gasteiger partial charge in [-0.2, -0.15) is 0 Å². The van der Waals surface area contributed by atoms with Crippen molar-refractivity contribution in [1.82, 2.24) is 9.55 Å². The quantitative estimate of drug-likeness (QED) is 0.884. The van der Waals surface area contributed by atoms with E-state index in [-0.39, 0.29) is 12.5 Å². The molecule has 0 aliphatic heterocycles. The zero-order valence-electron chi connectivity index (χ0n) is 10.6. The number of amides is 1. The summed E-state index contributed by atoms with van der Waals surface area (Å²) in [5.41, 5.74) is 1.35. The zero-order chi connectivity index (χ0) is 14.1. The Balaban J connectivity index is 1.71. The van der Waals surface area contributed by atoms with Gasteiger partial charge >= 0.3 is 5.97 Å². The number of hydrogen-bond donors (Lipinski definition) is 2. The molecular weight excluding hydrogens is 278 g/mol. The van der Waals surface area contributed by atoms with Gasteiger partial charge in [-0.25, -0.2) is 4.98 Å². The van der Waals surface area contributed by atoms with Crippen LogP contribution in [-0.4, -0.2) is 26.5 Å². The average molecular weight is 291 g/mol. The highest BCUT2D eigenvalue weighted by Crippen LogP contribution is 2.40. The maximum atomic E-state index is 12.1. The van der Waals surface area contributed by atoms with E-state index in [9.17, 15) is 9.59 Å². The van der Waals surface area contributed by atoms with E-state index >= 15 is 0 Å². The van der Waals surface area contributed by atoms with Gasteiger partial charge in [0.25, 0.3) is 5.91 Å². The second kappa shape index (κ2) is 5.09. The van der Waals surface area contributed by atoms with Gasteiger partial charge in [-0.3, -0.25) is 14.9 Å². The molecule has 1 aliphatic carbocycles. The van der Waals surface area contributed by atoms with Crippen LogP contribution in [0, 0.1) is 0 Å². The van der Waals surface area contributed by atoms with Crippen molar-refractivity contribution in [2.24, 2.45) is 0 Å². The van der Waals surface area contributed by atoms with Crippen LogP contribution in [0.1, 0.15) is 34.9 Å². The fourth-order valence-electron chi connectivity index (χ4n) is 1.98. The first-order valence-corrected chi connectivity index (χ1v) is 7.15. The normalized spacial score (nSPS) is 14.2. The third kappa shape index (κ3) is 2.72. The Morgan fingerprint density at radius 2 is 2.30 bits per heavy atom. The molecule has 2 heterocycles. The summed E-state index contributed by atoms with van der Waals surface area (Å²) in [6, 6.07) is 3.24. The van der Waals surface area contributed by atoms with Gasteiger partial charge in [0.05, 0.1) is 5.69 Å². The van der Waals surface area contributed by atoms with Crippen LogP contribution < -0.4 is 5.32 Å². The molecular formula is C13H13N3O3S. The van der Waals surface area contributed by atoms with E-state index in [2.05, 4.69) is 10.3 Å². The molecule has 104 valence electrons. The number of rotatable bonds is 5. The molecule has 0 unspecified atom stereocenters. The lowest BCUT2D eigenvalue weighted by Crippen LogP contribution is -2.19. The predicted octanol–water partition coefficient (Wildman–Crippen LogP) is 2.16. The highest BCUT2D eigenvalue weighted by atomic mass is 32.1. The molecule has 0 saturated heterocycles. The van der Waals surface area contributed by atoms with E-state index in [0.717, 1.165) is 5.69 Å². The van der Waals surface area contributed by atoms with E-state index < -0.39 is 5.97 Å². The summed E-state index contributed by atoms with van der Waals surface area (Å²) in [6.45, 7) is -0.235. The molecule has 0 aromatic carbocycles. The Labute approximate surface area is 119 Å². The maximum Gasteiger partial charge on any atom is 0.323 e. The van der Waals surface area contributed by atoms with E-state index in [0.29, 0.717) is 16.7 Å². The standard InChI is InChI=1S/C13H13N3O3S/c17-11(18)6-16-5-1-2-10(16)12(19)15-13-14-9(7-20-13)8-3-4-8/h1-2,5,7-8H,3-4,6H2,(H,17,18)(H,14,15,19). The number of hydrogen-bond acceptors (Lipinski definition) is 4. The van der Waals surface area contributed by atoms with Crippen LogP contribution >= 0.6 is 11.3 Å². The Bertz CT molecular complexity index is 657. The first kappa shape index (κ1) is 12.9. The number of nitrogens with zero attached hydrogens (tertiary/aromatic N) is 2. The van der Waals surface area contributed by atoms with Crippen molar-refractivity contribution in [3.63, 3.8) is 0 Å². The first-order chi connectivity index (χ1) is 9.63. The lowest BCUT2D eigenvalue weighted by molar-refractivity contribution is -0.137. The van der Waals surface area contributed by atoms with Crippen molar-refractivity contribution in [2.45, 2.75) is 25.3 Å². The molecule has 2 aromatic heterocycles. The van der Waals surface area contributed by atoms with Crippen LogP contribution in [0.25, 0.3) is 0 Å². The van der Waals surface area contributed by atoms with Gasteiger partial charge in [-0.05, 0) is 25.0 Å². The number of aliphatic carboxylic acids is 1. The largest absolute Gasteiger partial charge is 0.480 e. The number of carbonyl (C=O) groups is 2. The monoisotopic (exact) mass is 291 g/mol. The molecule has 6 nitrogen and oxygen atoms in total. The molecule has 7 heteroatoms. The van der Waals surface area contributed by atoms with Crippen molar-refractivity contribution in [3.8, 4) is 0 Å². The summed E-state index contributed by atoms with van der Waals surface area (Å²) in [5.74, 6) is -0.777. The van der Waals surface area contributed by atoms with Crippen molar-refractivity contribution >= 4 is 28.3 Å². The molecule has 0 radical (unpaired) electrons. The van der Waals surface area contributed by atoms with Gasteiger partial charge in [0.2, 0.25) is 0 Å². The number of nitrogens with one attached hydrogen (secondary N) is 1. The molecule has 2 aromatic rings. The van der Waals surface area contributed by atoms with Gasteiger partial charge in [0.15, 0.2) is 5.13 Å². The molecule has 0 spiro atoms. The lowest BCUT2D eigenvalue weighted by Gasteiger charge is -2.05. The molecule has 0 atom stereocenters. The van der Waals surface area contributed by atoms with Gasteiger partial charge in [0.1, 0.15) is 12.2 Å². The smallest absolute Gasteiger partial charge is 0.323 e. The summed E-state index contributed by atoms with van der Waals surface area (Å²) in [4.78, 5) is 27.2. The highest BCUT2D eigenvalue weighted by Gasteiger charge is 2.26. The van der Waals surface area contributed by atoms with Crippen molar-refractivity contribution in [3.05, 3.63) is 35.1 Å². The van der Waals surface area contributed by atoms with Crippen molar-refractivity contribution < 1.29 is 14.7 Å². The third-order valence-corrected chi connectivity index (χ3v) is 3.88. The Morgan fingerprint density at radius 3 is 3.00 bits per heavy atom. The summed E-state index contributed by atoms with van der Waals surface area (Å²) >= 11 is 1.39. The number of carboxylic acid groups (broad SMARTS) is 1. The molecule has 1 saturated carbocycles. The summed E-state index contributed by atoms with van der Waals surface area (Å²) in [6.07, 6.45) is 3.90. The number of carbonyl (C=O) groups excluding carboxylic acids is 1. The number of carboxylic acids is 1. The van der Waals surface area contributed by atoms with Crippen LogP contribution in [0.3, 0.4) is 0 Å². The second-order valence-electron chi connectivity index (χ2n) is 4.72. The maximum absolute atomic E-state index is 12.1. The van der Waals surface area contributed by atoms with E-state index in [1.807, 2.05) is 5.38 Å². The second-order valence-corrected chi connectivity index (χ2v) is 5.58. The van der Waals surface area contributed by atoms with E-state index in [1.165, 1.54) is 28.7 Å². The van der Waals surface area contributed by atoms with E-state index in [1.54, 1.807) is 18.3 Å². The number of thiazole rings is 1. The summed E-state index contributed by atoms with van der Waals surface area (Å²) in [7, 11) is 0. The molecule has 20 heavy (non-hydrogen) atoms. The highest BCUT2D eigenvalue weighted by molar-refractivity contribution is 7.14. The molecule has 1 aliphatic rings. The van der Waals surface area contributed by atoms with Gasteiger partial charge in [-0.1, -0.05) is 0 Å². The van der Waals surface area contributed by atoms with Crippen LogP contribution in [0.15, 0.2) is 23.7 Å². The van der Waals surface area contributed by atoms with Crippen LogP contribution in [-0.2, 0) is 11.3 Å². The summed E-state index contributed by atoms with van der Waals surface area (Å²) in [5, 5.41) is 14.0. The molecule has 0 bridgehead atoms. The third-order valence-electron chi connectivity index (χ3n) is 3.11. The topological polar surface area (TPSA) is 84.2 Å². The van der Waals surface area contributed by atoms with Gasteiger partial charge in [-0.15, -0.1) is 11.3 Å². The van der Waals surface area contributed by atoms with Gasteiger partial charge < -0.3 is 9.67 Å². The van der Waals surface area contributed by atoms with E-state index in [4.69, 9.17) is 5.11 Å². The van der Waals surface area contributed by atoms with Crippen molar-refractivity contribution in [1.29, 1.82) is 0 Å². The lowest BCUT2D eigenvalue weighted by atomic mass is 10.3. The fourth-order valence-corrected chi connectivity index (χ4v) is 2.76. The Hall–Kier alpha value is -2.15. The van der Waals surface area contributed by atoms with Crippen LogP contribution in [0.5, 0.6) is 0 Å². The predicted molar refractivity (Wildman–Crippen MR) is 74.1 cm³/mol. The molecule has 1 fully saturated rings. The fraction of sp³-hybridized carbons (Fsp3) is 0.308. The van der Waals surface area contributed by atoms with Crippen LogP contribution in [0.2, 0.25) is 0 Å². The first-order valence-electron chi connectivity index (χ1n) is 6.27. The minimum Gasteiger partial charge on any atom is -0.480 e. The molecule has 3 rings (SSSR count). The summed E-state index contributed by atoms with van der Waals surface area (Å²) < 4.78 is 1.40. The Morgan fingerprint density at radius 1 is 1.50 bits per heavy atom. The van der Waals surface area contributed by atoms with Gasteiger partial charge in [0, 0.05) is 17.5 Å². The number of aromatic nitrogens is 2. The minimum atomic E-state index is -0.986. The average Bonchev–Trinajstić information content (AvgIpc) is 2.96. The SMILES string of the molecule is O=C(O)Cn1cccc1C(=O)Nc1nc(C2CC2)cs1. The Kier molecular flexibility index (Phi) is 3.27. The van der Waals surface area contributed by atoms with Crippen LogP contribution in [0.4, 0.5) is 5.13 Å². The van der Waals surface area contributed by atoms with Crippen molar-refractivity contribution in [2.75, 3.05) is 5.32 Å². The zero-order valence-corrected chi connectivity index (χ0v) is 11.4.